The molecular weight excluding hydrogens is 316 g/mol. The molecule has 132 valence electrons. The number of carbonyl (C=O) groups excluding carboxylic acids is 1. The van der Waals surface area contributed by atoms with Crippen LogP contribution in [0, 0.1) is 12.8 Å². The van der Waals surface area contributed by atoms with Crippen molar-refractivity contribution in [1.82, 2.24) is 30.6 Å². The van der Waals surface area contributed by atoms with E-state index in [4.69, 9.17) is 0 Å². The number of aryl methyl sites for hydroxylation is 1. The van der Waals surface area contributed by atoms with Gasteiger partial charge in [0.2, 0.25) is 0 Å². The van der Waals surface area contributed by atoms with Crippen molar-refractivity contribution in [2.75, 3.05) is 19.6 Å². The zero-order valence-corrected chi connectivity index (χ0v) is 14.5. The summed E-state index contributed by atoms with van der Waals surface area (Å²) in [7, 11) is 0. The quantitative estimate of drug-likeness (QED) is 0.835. The van der Waals surface area contributed by atoms with Gasteiger partial charge in [-0.3, -0.25) is 9.78 Å². The molecular formula is C18H24N6O. The Bertz CT molecular complexity index is 730. The monoisotopic (exact) mass is 340 g/mol. The van der Waals surface area contributed by atoms with Gasteiger partial charge in [-0.2, -0.15) is 15.4 Å². The smallest absolute Gasteiger partial charge is 0.276 e. The molecule has 0 radical (unpaired) electrons. The third-order valence-corrected chi connectivity index (χ3v) is 5.03. The zero-order valence-electron chi connectivity index (χ0n) is 14.5. The molecule has 1 amide bonds. The highest BCUT2D eigenvalue weighted by Gasteiger charge is 2.32. The van der Waals surface area contributed by atoms with E-state index in [-0.39, 0.29) is 11.8 Å². The van der Waals surface area contributed by atoms with Crippen molar-refractivity contribution < 1.29 is 4.79 Å². The van der Waals surface area contributed by atoms with Crippen molar-refractivity contribution in [2.45, 2.75) is 38.6 Å². The number of nitrogens with zero attached hydrogens (tertiary/aromatic N) is 4. The Labute approximate surface area is 147 Å². The van der Waals surface area contributed by atoms with Crippen LogP contribution in [0.2, 0.25) is 0 Å². The number of pyridine rings is 1. The molecule has 4 rings (SSSR count). The Kier molecular flexibility index (Phi) is 4.48. The Hall–Kier alpha value is -2.28. The first kappa shape index (κ1) is 16.2. The van der Waals surface area contributed by atoms with Crippen LogP contribution in [-0.2, 0) is 6.54 Å². The second kappa shape index (κ2) is 6.92. The molecule has 0 spiro atoms. The number of nitrogens with one attached hydrogen (secondary N) is 2. The highest BCUT2D eigenvalue weighted by atomic mass is 16.2. The normalized spacial score (nSPS) is 20.0. The van der Waals surface area contributed by atoms with Crippen LogP contribution in [0.1, 0.15) is 52.6 Å². The second-order valence-electron chi connectivity index (χ2n) is 7.18. The lowest BCUT2D eigenvalue weighted by molar-refractivity contribution is 0.0727. The zero-order chi connectivity index (χ0) is 17.2. The summed E-state index contributed by atoms with van der Waals surface area (Å²) in [4.78, 5) is 19.4. The predicted octanol–water partition coefficient (Wildman–Crippen LogP) is 1.64. The molecule has 2 aromatic rings. The van der Waals surface area contributed by atoms with Crippen LogP contribution in [0.15, 0.2) is 18.3 Å². The molecule has 7 heteroatoms. The van der Waals surface area contributed by atoms with Gasteiger partial charge in [-0.15, -0.1) is 0 Å². The number of H-pyrrole nitrogens is 1. The molecule has 3 heterocycles. The summed E-state index contributed by atoms with van der Waals surface area (Å²) in [6.07, 6.45) is 5.26. The lowest BCUT2D eigenvalue weighted by atomic mass is 10.0. The van der Waals surface area contributed by atoms with Crippen LogP contribution < -0.4 is 5.32 Å². The van der Waals surface area contributed by atoms with Crippen molar-refractivity contribution >= 4 is 5.91 Å². The summed E-state index contributed by atoms with van der Waals surface area (Å²) >= 11 is 0. The van der Waals surface area contributed by atoms with Crippen LogP contribution in [0.4, 0.5) is 0 Å². The number of carbonyl (C=O) groups is 1. The van der Waals surface area contributed by atoms with Crippen molar-refractivity contribution in [3.05, 3.63) is 41.0 Å². The molecule has 1 aliphatic carbocycles. The van der Waals surface area contributed by atoms with Crippen LogP contribution in [0.5, 0.6) is 0 Å². The predicted molar refractivity (Wildman–Crippen MR) is 93.0 cm³/mol. The summed E-state index contributed by atoms with van der Waals surface area (Å²) in [5, 5.41) is 14.5. The summed E-state index contributed by atoms with van der Waals surface area (Å²) in [5.74, 6) is 0.857. The third-order valence-electron chi connectivity index (χ3n) is 5.03. The number of hydrogen-bond acceptors (Lipinski definition) is 5. The molecule has 1 aliphatic heterocycles. The molecule has 0 aromatic carbocycles. The third kappa shape index (κ3) is 3.71. The Balaban J connectivity index is 1.55. The molecule has 2 aromatic heterocycles. The molecule has 2 N–H and O–H groups in total. The van der Waals surface area contributed by atoms with Gasteiger partial charge in [0.1, 0.15) is 0 Å². The number of aromatic amines is 1. The number of aromatic nitrogens is 4. The minimum absolute atomic E-state index is 0.0249. The van der Waals surface area contributed by atoms with Gasteiger partial charge >= 0.3 is 0 Å². The van der Waals surface area contributed by atoms with E-state index < -0.39 is 0 Å². The molecule has 25 heavy (non-hydrogen) atoms. The fourth-order valence-electron chi connectivity index (χ4n) is 3.36. The highest BCUT2D eigenvalue weighted by Crippen LogP contribution is 2.31. The minimum Gasteiger partial charge on any atom is -0.333 e. The largest absolute Gasteiger partial charge is 0.333 e. The maximum absolute atomic E-state index is 13.2. The summed E-state index contributed by atoms with van der Waals surface area (Å²) in [6, 6.07) is 4.03. The first-order chi connectivity index (χ1) is 12.2. The first-order valence-corrected chi connectivity index (χ1v) is 9.03. The highest BCUT2D eigenvalue weighted by molar-refractivity contribution is 5.93. The number of hydrogen-bond donors (Lipinski definition) is 2. The maximum atomic E-state index is 13.2. The topological polar surface area (TPSA) is 86.8 Å². The molecule has 2 aliphatic rings. The van der Waals surface area contributed by atoms with E-state index in [2.05, 4.69) is 25.7 Å². The Morgan fingerprint density at radius 1 is 1.28 bits per heavy atom. The van der Waals surface area contributed by atoms with E-state index >= 15 is 0 Å². The van der Waals surface area contributed by atoms with Crippen molar-refractivity contribution in [3.8, 4) is 0 Å². The van der Waals surface area contributed by atoms with Crippen LogP contribution in [-0.4, -0.2) is 50.8 Å². The minimum atomic E-state index is -0.0249. The van der Waals surface area contributed by atoms with E-state index in [1.165, 1.54) is 12.8 Å². The summed E-state index contributed by atoms with van der Waals surface area (Å²) < 4.78 is 0. The number of amides is 1. The first-order valence-electron chi connectivity index (χ1n) is 9.03. The molecule has 1 saturated heterocycles. The van der Waals surface area contributed by atoms with Crippen molar-refractivity contribution in [2.24, 2.45) is 5.92 Å². The van der Waals surface area contributed by atoms with Gasteiger partial charge in [-0.1, -0.05) is 6.07 Å². The van der Waals surface area contributed by atoms with Gasteiger partial charge in [0.05, 0.1) is 5.69 Å². The fraction of sp³-hybridized carbons (Fsp3) is 0.556. The van der Waals surface area contributed by atoms with E-state index in [1.807, 2.05) is 30.2 Å². The molecule has 7 nitrogen and oxygen atoms in total. The van der Waals surface area contributed by atoms with E-state index in [1.54, 1.807) is 0 Å². The number of rotatable bonds is 6. The van der Waals surface area contributed by atoms with Crippen molar-refractivity contribution in [1.29, 1.82) is 0 Å². The van der Waals surface area contributed by atoms with Crippen LogP contribution >= 0.6 is 0 Å². The Morgan fingerprint density at radius 2 is 2.16 bits per heavy atom. The average Bonchev–Trinajstić information content (AvgIpc) is 3.09. The summed E-state index contributed by atoms with van der Waals surface area (Å²) in [6.45, 7) is 5.14. The van der Waals surface area contributed by atoms with E-state index in [0.717, 1.165) is 43.0 Å². The van der Waals surface area contributed by atoms with Gasteiger partial charge in [-0.05, 0) is 50.3 Å². The van der Waals surface area contributed by atoms with E-state index in [9.17, 15) is 4.79 Å². The lowest BCUT2D eigenvalue weighted by Gasteiger charge is -2.22. The van der Waals surface area contributed by atoms with Crippen LogP contribution in [0.3, 0.4) is 0 Å². The SMILES string of the molecule is Cc1ccc(CN(CC2CC2)C(=O)c2n[nH]nc2C2CCNC2)cn1. The van der Waals surface area contributed by atoms with Gasteiger partial charge < -0.3 is 10.2 Å². The molecule has 1 saturated carbocycles. The average molecular weight is 340 g/mol. The molecule has 1 atom stereocenters. The van der Waals surface area contributed by atoms with Gasteiger partial charge in [0, 0.05) is 37.4 Å². The lowest BCUT2D eigenvalue weighted by Crippen LogP contribution is -2.33. The van der Waals surface area contributed by atoms with Crippen LogP contribution in [0.25, 0.3) is 0 Å². The molecule has 0 bridgehead atoms. The molecule has 1 unspecified atom stereocenters. The Morgan fingerprint density at radius 3 is 2.84 bits per heavy atom. The van der Waals surface area contributed by atoms with Crippen molar-refractivity contribution in [3.63, 3.8) is 0 Å². The van der Waals surface area contributed by atoms with Gasteiger partial charge in [0.25, 0.3) is 5.91 Å². The van der Waals surface area contributed by atoms with E-state index in [0.29, 0.717) is 18.2 Å². The second-order valence-corrected chi connectivity index (χ2v) is 7.18. The standard InChI is InChI=1S/C18H24N6O/c1-12-2-3-14(8-20-12)11-24(10-13-4-5-13)18(25)17-16(21-23-22-17)15-6-7-19-9-15/h2-3,8,13,15,19H,4-7,9-11H2,1H3,(H,21,22,23). The maximum Gasteiger partial charge on any atom is 0.276 e. The molecule has 2 fully saturated rings. The summed E-state index contributed by atoms with van der Waals surface area (Å²) in [5.41, 5.74) is 3.32. The van der Waals surface area contributed by atoms with Gasteiger partial charge in [0.15, 0.2) is 5.69 Å². The fourth-order valence-corrected chi connectivity index (χ4v) is 3.36. The van der Waals surface area contributed by atoms with Gasteiger partial charge in [-0.25, -0.2) is 0 Å².